The van der Waals surface area contributed by atoms with Crippen molar-refractivity contribution < 1.29 is 4.79 Å². The molecule has 1 aliphatic rings. The second-order valence-corrected chi connectivity index (χ2v) is 5.72. The van der Waals surface area contributed by atoms with Gasteiger partial charge in [0, 0.05) is 32.0 Å². The monoisotopic (exact) mass is 277 g/mol. The summed E-state index contributed by atoms with van der Waals surface area (Å²) in [4.78, 5) is 13.8. The van der Waals surface area contributed by atoms with Crippen LogP contribution in [0.5, 0.6) is 0 Å². The highest BCUT2D eigenvalue weighted by atomic mass is 16.2. The van der Waals surface area contributed by atoms with Crippen LogP contribution in [0.3, 0.4) is 0 Å². The number of likely N-dealkylation sites (N-methyl/N-ethyl adjacent to an activating group) is 1. The summed E-state index contributed by atoms with van der Waals surface area (Å²) < 4.78 is 2.06. The molecule has 0 saturated carbocycles. The topological polar surface area (TPSA) is 37.3 Å². The zero-order valence-corrected chi connectivity index (χ0v) is 13.0. The predicted octanol–water partition coefficient (Wildman–Crippen LogP) is 2.34. The molecule has 0 bridgehead atoms. The van der Waals surface area contributed by atoms with Crippen molar-refractivity contribution in [1.29, 1.82) is 0 Å². The number of carbonyl (C=O) groups is 1. The lowest BCUT2D eigenvalue weighted by atomic mass is 9.91. The van der Waals surface area contributed by atoms with Crippen molar-refractivity contribution in [2.24, 2.45) is 0 Å². The van der Waals surface area contributed by atoms with Crippen LogP contribution >= 0.6 is 0 Å². The van der Waals surface area contributed by atoms with E-state index >= 15 is 0 Å². The van der Waals surface area contributed by atoms with Gasteiger partial charge in [-0.3, -0.25) is 4.79 Å². The fourth-order valence-corrected chi connectivity index (χ4v) is 2.82. The van der Waals surface area contributed by atoms with Gasteiger partial charge in [-0.15, -0.1) is 0 Å². The molecule has 1 aromatic rings. The lowest BCUT2D eigenvalue weighted by molar-refractivity contribution is -0.130. The van der Waals surface area contributed by atoms with E-state index in [1.54, 1.807) is 4.90 Å². The first-order valence-corrected chi connectivity index (χ1v) is 7.81. The highest BCUT2D eigenvalue weighted by molar-refractivity contribution is 5.75. The minimum atomic E-state index is 0.179. The molecule has 0 fully saturated rings. The number of aryl methyl sites for hydroxylation is 1. The van der Waals surface area contributed by atoms with Gasteiger partial charge in [-0.25, -0.2) is 0 Å². The third kappa shape index (κ3) is 3.42. The van der Waals surface area contributed by atoms with E-state index < -0.39 is 0 Å². The Hall–Kier alpha value is -1.29. The number of hydrogen-bond donors (Lipinski definition) is 1. The highest BCUT2D eigenvalue weighted by Crippen LogP contribution is 2.30. The van der Waals surface area contributed by atoms with Crippen LogP contribution in [0.1, 0.15) is 50.3 Å². The van der Waals surface area contributed by atoms with Crippen LogP contribution < -0.4 is 5.32 Å². The molecule has 1 heterocycles. The number of hydrogen-bond acceptors (Lipinski definition) is 2. The Labute approximate surface area is 122 Å². The number of nitrogens with zero attached hydrogens (tertiary/aromatic N) is 2. The van der Waals surface area contributed by atoms with E-state index in [2.05, 4.69) is 29.2 Å². The van der Waals surface area contributed by atoms with E-state index in [1.807, 2.05) is 14.0 Å². The number of fused-ring (bicyclic) bond motifs is 1. The second kappa shape index (κ2) is 6.93. The molecule has 1 amide bonds. The van der Waals surface area contributed by atoms with Gasteiger partial charge in [0.1, 0.15) is 6.54 Å². The molecule has 112 valence electrons. The summed E-state index contributed by atoms with van der Waals surface area (Å²) in [5.74, 6) is 0.179. The molecule has 0 radical (unpaired) electrons. The Morgan fingerprint density at radius 3 is 2.95 bits per heavy atom. The van der Waals surface area contributed by atoms with Gasteiger partial charge in [0.15, 0.2) is 0 Å². The summed E-state index contributed by atoms with van der Waals surface area (Å²) in [6.45, 7) is 6.48. The minimum Gasteiger partial charge on any atom is -0.344 e. The molecule has 0 saturated heterocycles. The molecule has 0 spiro atoms. The van der Waals surface area contributed by atoms with E-state index in [9.17, 15) is 4.79 Å². The van der Waals surface area contributed by atoms with E-state index in [0.717, 1.165) is 25.9 Å². The van der Waals surface area contributed by atoms with Gasteiger partial charge in [0.05, 0.1) is 0 Å². The molecule has 1 aromatic heterocycles. The molecule has 2 rings (SSSR count). The van der Waals surface area contributed by atoms with Crippen molar-refractivity contribution in [3.8, 4) is 0 Å². The first kappa shape index (κ1) is 15.1. The highest BCUT2D eigenvalue weighted by Gasteiger charge is 2.22. The molecule has 20 heavy (non-hydrogen) atoms. The number of aromatic nitrogens is 1. The van der Waals surface area contributed by atoms with Crippen LogP contribution in [0, 0.1) is 0 Å². The summed E-state index contributed by atoms with van der Waals surface area (Å²) >= 11 is 0. The van der Waals surface area contributed by atoms with E-state index in [-0.39, 0.29) is 5.91 Å². The van der Waals surface area contributed by atoms with Crippen LogP contribution in [-0.2, 0) is 17.8 Å². The Morgan fingerprint density at radius 2 is 2.25 bits per heavy atom. The fourth-order valence-electron chi connectivity index (χ4n) is 2.82. The molecule has 0 aliphatic heterocycles. The molecule has 1 atom stereocenters. The smallest absolute Gasteiger partial charge is 0.242 e. The normalized spacial score (nSPS) is 17.9. The van der Waals surface area contributed by atoms with Crippen molar-refractivity contribution in [2.45, 2.75) is 52.1 Å². The van der Waals surface area contributed by atoms with Gasteiger partial charge in [-0.2, -0.15) is 0 Å². The summed E-state index contributed by atoms with van der Waals surface area (Å²) in [6.07, 6.45) is 9.08. The van der Waals surface area contributed by atoms with Crippen molar-refractivity contribution in [1.82, 2.24) is 14.8 Å². The molecule has 0 aromatic carbocycles. The Bertz CT molecular complexity index is 453. The fraction of sp³-hybridized carbons (Fsp3) is 0.688. The van der Waals surface area contributed by atoms with E-state index in [1.165, 1.54) is 24.0 Å². The Balaban J connectivity index is 2.07. The van der Waals surface area contributed by atoms with Gasteiger partial charge in [0.2, 0.25) is 5.91 Å². The van der Waals surface area contributed by atoms with Crippen LogP contribution in [0.4, 0.5) is 0 Å². The van der Waals surface area contributed by atoms with Crippen molar-refractivity contribution in [3.05, 3.63) is 23.5 Å². The van der Waals surface area contributed by atoms with Crippen molar-refractivity contribution in [3.63, 3.8) is 0 Å². The summed E-state index contributed by atoms with van der Waals surface area (Å²) in [5, 5.41) is 3.62. The minimum absolute atomic E-state index is 0.179. The van der Waals surface area contributed by atoms with E-state index in [4.69, 9.17) is 0 Å². The summed E-state index contributed by atoms with van der Waals surface area (Å²) in [5.41, 5.74) is 2.81. The Kier molecular flexibility index (Phi) is 5.24. The lowest BCUT2D eigenvalue weighted by Gasteiger charge is -2.23. The summed E-state index contributed by atoms with van der Waals surface area (Å²) in [7, 11) is 1.86. The van der Waals surface area contributed by atoms with Crippen LogP contribution in [-0.4, -0.2) is 35.5 Å². The maximum Gasteiger partial charge on any atom is 0.242 e. The molecule has 4 nitrogen and oxygen atoms in total. The standard InChI is InChI=1S/C16H27N3O/c1-4-9-17-15-8-6-7-13-10-19(11-14(13)15)12-16(20)18(3)5-2/h10-11,15,17H,4-9,12H2,1-3H3. The number of carbonyl (C=O) groups excluding carboxylic acids is 1. The third-order valence-corrected chi connectivity index (χ3v) is 4.17. The number of rotatable bonds is 6. The number of amides is 1. The average Bonchev–Trinajstić information content (AvgIpc) is 2.86. The van der Waals surface area contributed by atoms with Gasteiger partial charge in [-0.1, -0.05) is 6.92 Å². The van der Waals surface area contributed by atoms with Crippen molar-refractivity contribution in [2.75, 3.05) is 20.1 Å². The molecule has 1 N–H and O–H groups in total. The molecular weight excluding hydrogens is 250 g/mol. The maximum absolute atomic E-state index is 12.0. The quantitative estimate of drug-likeness (QED) is 0.866. The zero-order chi connectivity index (χ0) is 14.5. The first-order valence-electron chi connectivity index (χ1n) is 7.81. The zero-order valence-electron chi connectivity index (χ0n) is 13.0. The molecule has 1 aliphatic carbocycles. The van der Waals surface area contributed by atoms with Gasteiger partial charge >= 0.3 is 0 Å². The third-order valence-electron chi connectivity index (χ3n) is 4.17. The van der Waals surface area contributed by atoms with E-state index in [0.29, 0.717) is 12.6 Å². The van der Waals surface area contributed by atoms with Crippen molar-refractivity contribution >= 4 is 5.91 Å². The molecule has 1 unspecified atom stereocenters. The molecular formula is C16H27N3O. The largest absolute Gasteiger partial charge is 0.344 e. The van der Waals surface area contributed by atoms with Crippen LogP contribution in [0.15, 0.2) is 12.4 Å². The summed E-state index contributed by atoms with van der Waals surface area (Å²) in [6, 6.07) is 0.471. The van der Waals surface area contributed by atoms with Crippen LogP contribution in [0.25, 0.3) is 0 Å². The maximum atomic E-state index is 12.0. The second-order valence-electron chi connectivity index (χ2n) is 5.72. The van der Waals surface area contributed by atoms with Gasteiger partial charge < -0.3 is 14.8 Å². The van der Waals surface area contributed by atoms with Gasteiger partial charge in [-0.05, 0) is 50.3 Å². The molecule has 4 heteroatoms. The average molecular weight is 277 g/mol. The first-order chi connectivity index (χ1) is 9.65. The SMILES string of the molecule is CCCNC1CCCc2cn(CC(=O)N(C)CC)cc21. The Morgan fingerprint density at radius 1 is 1.45 bits per heavy atom. The predicted molar refractivity (Wildman–Crippen MR) is 81.7 cm³/mol. The lowest BCUT2D eigenvalue weighted by Crippen LogP contribution is -2.29. The van der Waals surface area contributed by atoms with Gasteiger partial charge in [0.25, 0.3) is 0 Å². The number of nitrogens with one attached hydrogen (secondary N) is 1. The van der Waals surface area contributed by atoms with Crippen LogP contribution in [0.2, 0.25) is 0 Å².